The standard InChI is InChI=1S/C23H27N5O2/c1-5-20-25-26-27-28(20)18-9-7-8-15(13-18)21-23(3,4)14-17-12-16(22(29)30-6-2)10-11-19(17)24-21/h7-13,21,24H,5-6,14H2,1-4H3. The van der Waals surface area contributed by atoms with E-state index in [1.807, 2.05) is 44.2 Å². The lowest BCUT2D eigenvalue weighted by atomic mass is 9.72. The molecule has 0 aliphatic carbocycles. The van der Waals surface area contributed by atoms with Crippen LogP contribution in [0.2, 0.25) is 0 Å². The quantitative estimate of drug-likeness (QED) is 0.643. The normalized spacial score (nSPS) is 17.1. The fourth-order valence-electron chi connectivity index (χ4n) is 4.16. The van der Waals surface area contributed by atoms with Gasteiger partial charge in [0.25, 0.3) is 0 Å². The monoisotopic (exact) mass is 405 g/mol. The predicted octanol–water partition coefficient (Wildman–Crippen LogP) is 4.14. The Bertz CT molecular complexity index is 1070. The Morgan fingerprint density at radius 2 is 2.07 bits per heavy atom. The first-order chi connectivity index (χ1) is 14.4. The van der Waals surface area contributed by atoms with Gasteiger partial charge in [-0.1, -0.05) is 32.9 Å². The van der Waals surface area contributed by atoms with Crippen molar-refractivity contribution in [2.75, 3.05) is 11.9 Å². The Hall–Kier alpha value is -3.22. The van der Waals surface area contributed by atoms with Crippen molar-refractivity contribution in [3.63, 3.8) is 0 Å². The van der Waals surface area contributed by atoms with E-state index in [1.54, 1.807) is 4.68 Å². The van der Waals surface area contributed by atoms with Gasteiger partial charge in [0.15, 0.2) is 5.82 Å². The minimum Gasteiger partial charge on any atom is -0.462 e. The van der Waals surface area contributed by atoms with Gasteiger partial charge in [-0.3, -0.25) is 0 Å². The first kappa shape index (κ1) is 20.1. The highest BCUT2D eigenvalue weighted by Gasteiger charge is 2.36. The molecule has 1 aliphatic heterocycles. The molecule has 1 aliphatic rings. The van der Waals surface area contributed by atoms with Gasteiger partial charge in [-0.2, -0.15) is 4.68 Å². The van der Waals surface area contributed by atoms with Crippen molar-refractivity contribution in [1.29, 1.82) is 0 Å². The van der Waals surface area contributed by atoms with Crippen molar-refractivity contribution < 1.29 is 9.53 Å². The summed E-state index contributed by atoms with van der Waals surface area (Å²) >= 11 is 0. The Kier molecular flexibility index (Phi) is 5.28. The molecule has 0 spiro atoms. The van der Waals surface area contributed by atoms with E-state index < -0.39 is 0 Å². The molecule has 30 heavy (non-hydrogen) atoms. The van der Waals surface area contributed by atoms with Crippen LogP contribution in [0.5, 0.6) is 0 Å². The number of carbonyl (C=O) groups excluding carboxylic acids is 1. The van der Waals surface area contributed by atoms with Crippen molar-refractivity contribution in [3.8, 4) is 5.69 Å². The maximum absolute atomic E-state index is 12.1. The van der Waals surface area contributed by atoms with Gasteiger partial charge >= 0.3 is 5.97 Å². The number of fused-ring (bicyclic) bond motifs is 1. The third kappa shape index (κ3) is 3.67. The zero-order valence-corrected chi connectivity index (χ0v) is 17.8. The van der Waals surface area contributed by atoms with Crippen molar-refractivity contribution >= 4 is 11.7 Å². The van der Waals surface area contributed by atoms with Crippen LogP contribution in [-0.2, 0) is 17.6 Å². The zero-order valence-electron chi connectivity index (χ0n) is 17.8. The molecule has 4 rings (SSSR count). The molecule has 7 heteroatoms. The van der Waals surface area contributed by atoms with Crippen molar-refractivity contribution in [3.05, 3.63) is 65.0 Å². The summed E-state index contributed by atoms with van der Waals surface area (Å²) in [4.78, 5) is 12.1. The highest BCUT2D eigenvalue weighted by molar-refractivity contribution is 5.90. The Balaban J connectivity index is 1.67. The lowest BCUT2D eigenvalue weighted by molar-refractivity contribution is 0.0526. The van der Waals surface area contributed by atoms with Gasteiger partial charge in [0.2, 0.25) is 0 Å². The smallest absolute Gasteiger partial charge is 0.338 e. The zero-order chi connectivity index (χ0) is 21.3. The van der Waals surface area contributed by atoms with Crippen molar-refractivity contribution in [1.82, 2.24) is 20.2 Å². The number of hydrogen-bond acceptors (Lipinski definition) is 6. The molecular formula is C23H27N5O2. The van der Waals surface area contributed by atoms with Crippen LogP contribution >= 0.6 is 0 Å². The second kappa shape index (κ2) is 7.89. The molecule has 0 saturated heterocycles. The number of rotatable bonds is 5. The number of carbonyl (C=O) groups is 1. The largest absolute Gasteiger partial charge is 0.462 e. The fourth-order valence-corrected chi connectivity index (χ4v) is 4.16. The average Bonchev–Trinajstić information content (AvgIpc) is 3.21. The molecule has 1 atom stereocenters. The number of esters is 1. The van der Waals surface area contributed by atoms with E-state index in [0.29, 0.717) is 12.2 Å². The van der Waals surface area contributed by atoms with Crippen LogP contribution in [0.1, 0.15) is 61.0 Å². The summed E-state index contributed by atoms with van der Waals surface area (Å²) in [6.45, 7) is 8.72. The van der Waals surface area contributed by atoms with Crippen molar-refractivity contribution in [2.24, 2.45) is 5.41 Å². The van der Waals surface area contributed by atoms with E-state index in [1.165, 1.54) is 5.56 Å². The minimum absolute atomic E-state index is 0.0624. The van der Waals surface area contributed by atoms with Gasteiger partial charge in [0, 0.05) is 12.1 Å². The second-order valence-electron chi connectivity index (χ2n) is 8.29. The Morgan fingerprint density at radius 1 is 1.23 bits per heavy atom. The van der Waals surface area contributed by atoms with Crippen LogP contribution in [-0.4, -0.2) is 32.8 Å². The molecule has 0 radical (unpaired) electrons. The number of anilines is 1. The van der Waals surface area contributed by atoms with Gasteiger partial charge in [-0.15, -0.1) is 5.10 Å². The molecule has 7 nitrogen and oxygen atoms in total. The lowest BCUT2D eigenvalue weighted by Gasteiger charge is -2.41. The summed E-state index contributed by atoms with van der Waals surface area (Å²) < 4.78 is 6.94. The molecule has 0 bridgehead atoms. The number of tetrazole rings is 1. The maximum atomic E-state index is 12.1. The Morgan fingerprint density at radius 3 is 2.83 bits per heavy atom. The second-order valence-corrected chi connectivity index (χ2v) is 8.29. The summed E-state index contributed by atoms with van der Waals surface area (Å²) in [5.41, 5.74) is 4.85. The number of aryl methyl sites for hydroxylation is 1. The molecule has 1 aromatic heterocycles. The minimum atomic E-state index is -0.277. The summed E-state index contributed by atoms with van der Waals surface area (Å²) in [6.07, 6.45) is 1.61. The molecule has 1 unspecified atom stereocenters. The highest BCUT2D eigenvalue weighted by Crippen LogP contribution is 2.45. The molecule has 0 amide bonds. The molecule has 156 valence electrons. The first-order valence-electron chi connectivity index (χ1n) is 10.4. The van der Waals surface area contributed by atoms with E-state index >= 15 is 0 Å². The SMILES string of the molecule is CCOC(=O)c1ccc2c(c1)CC(C)(C)C(c1cccc(-n3nnnc3CC)c1)N2. The third-order valence-corrected chi connectivity index (χ3v) is 5.64. The number of ether oxygens (including phenoxy) is 1. The van der Waals surface area contributed by atoms with Gasteiger partial charge in [0.05, 0.1) is 23.9 Å². The van der Waals surface area contributed by atoms with Crippen LogP contribution in [0, 0.1) is 5.41 Å². The molecular weight excluding hydrogens is 378 g/mol. The van der Waals surface area contributed by atoms with Crippen LogP contribution in [0.15, 0.2) is 42.5 Å². The van der Waals surface area contributed by atoms with E-state index in [9.17, 15) is 4.79 Å². The third-order valence-electron chi connectivity index (χ3n) is 5.64. The number of hydrogen-bond donors (Lipinski definition) is 1. The molecule has 0 fully saturated rings. The average molecular weight is 406 g/mol. The summed E-state index contributed by atoms with van der Waals surface area (Å²) in [5, 5.41) is 15.7. The lowest BCUT2D eigenvalue weighted by Crippen LogP contribution is -2.35. The van der Waals surface area contributed by atoms with Gasteiger partial charge < -0.3 is 10.1 Å². The van der Waals surface area contributed by atoms with Crippen LogP contribution in [0.4, 0.5) is 5.69 Å². The molecule has 0 saturated carbocycles. The fraction of sp³-hybridized carbons (Fsp3) is 0.391. The van der Waals surface area contributed by atoms with Crippen LogP contribution in [0.3, 0.4) is 0 Å². The molecule has 2 aromatic carbocycles. The summed E-state index contributed by atoms with van der Waals surface area (Å²) in [7, 11) is 0. The van der Waals surface area contributed by atoms with Gasteiger partial charge in [-0.25, -0.2) is 4.79 Å². The molecule has 2 heterocycles. The molecule has 3 aromatic rings. The number of benzene rings is 2. The Labute approximate surface area is 176 Å². The highest BCUT2D eigenvalue weighted by atomic mass is 16.5. The van der Waals surface area contributed by atoms with E-state index in [-0.39, 0.29) is 17.4 Å². The first-order valence-corrected chi connectivity index (χ1v) is 10.4. The van der Waals surface area contributed by atoms with Gasteiger partial charge in [-0.05, 0) is 70.6 Å². The number of nitrogens with zero attached hydrogens (tertiary/aromatic N) is 4. The van der Waals surface area contributed by atoms with Crippen LogP contribution < -0.4 is 5.32 Å². The van der Waals surface area contributed by atoms with E-state index in [0.717, 1.165) is 35.6 Å². The van der Waals surface area contributed by atoms with Crippen LogP contribution in [0.25, 0.3) is 5.69 Å². The van der Waals surface area contributed by atoms with E-state index in [4.69, 9.17) is 4.74 Å². The van der Waals surface area contributed by atoms with Crippen molar-refractivity contribution in [2.45, 2.75) is 46.6 Å². The predicted molar refractivity (Wildman–Crippen MR) is 115 cm³/mol. The summed E-state index contributed by atoms with van der Waals surface area (Å²) in [5.74, 6) is 0.556. The maximum Gasteiger partial charge on any atom is 0.338 e. The topological polar surface area (TPSA) is 81.9 Å². The van der Waals surface area contributed by atoms with Gasteiger partial charge in [0.1, 0.15) is 0 Å². The molecule has 1 N–H and O–H groups in total. The number of aromatic nitrogens is 4. The number of nitrogens with one attached hydrogen (secondary N) is 1. The van der Waals surface area contributed by atoms with E-state index in [2.05, 4.69) is 46.8 Å². The summed E-state index contributed by atoms with van der Waals surface area (Å²) in [6, 6.07) is 14.2.